The molecule has 7 heteroatoms. The standard InChI is InChI=1S/C20H26N2O4S/c1-16-10-11-19(15-17(16)2)27(24,25)22-13-12-21-20(23)9-6-14-26-18-7-4-3-5-8-18/h3-5,7-8,10-11,15,22H,6,9,12-14H2,1-2H3,(H,21,23). The van der Waals surface area contributed by atoms with Crippen molar-refractivity contribution < 1.29 is 17.9 Å². The first-order valence-corrected chi connectivity index (χ1v) is 10.4. The van der Waals surface area contributed by atoms with Gasteiger partial charge in [-0.15, -0.1) is 0 Å². The smallest absolute Gasteiger partial charge is 0.240 e. The van der Waals surface area contributed by atoms with E-state index in [-0.39, 0.29) is 23.9 Å². The Morgan fingerprint density at radius 2 is 1.74 bits per heavy atom. The van der Waals surface area contributed by atoms with Crippen LogP contribution in [0.1, 0.15) is 24.0 Å². The van der Waals surface area contributed by atoms with Crippen LogP contribution in [0.3, 0.4) is 0 Å². The maximum Gasteiger partial charge on any atom is 0.240 e. The number of hydrogen-bond donors (Lipinski definition) is 2. The lowest BCUT2D eigenvalue weighted by molar-refractivity contribution is -0.121. The van der Waals surface area contributed by atoms with Crippen LogP contribution in [0.15, 0.2) is 53.4 Å². The molecule has 27 heavy (non-hydrogen) atoms. The van der Waals surface area contributed by atoms with Crippen LogP contribution >= 0.6 is 0 Å². The third-order valence-electron chi connectivity index (χ3n) is 4.09. The number of amides is 1. The van der Waals surface area contributed by atoms with Crippen molar-refractivity contribution in [3.8, 4) is 5.75 Å². The van der Waals surface area contributed by atoms with Gasteiger partial charge in [0.2, 0.25) is 15.9 Å². The van der Waals surface area contributed by atoms with Crippen LogP contribution in [0, 0.1) is 13.8 Å². The number of aryl methyl sites for hydroxylation is 2. The van der Waals surface area contributed by atoms with Crippen molar-refractivity contribution in [1.29, 1.82) is 0 Å². The zero-order valence-corrected chi connectivity index (χ0v) is 16.5. The van der Waals surface area contributed by atoms with Gasteiger partial charge in [0.25, 0.3) is 0 Å². The van der Waals surface area contributed by atoms with Crippen LogP contribution in [0.25, 0.3) is 0 Å². The summed E-state index contributed by atoms with van der Waals surface area (Å²) in [5.74, 6) is 0.649. The van der Waals surface area contributed by atoms with E-state index in [9.17, 15) is 13.2 Å². The highest BCUT2D eigenvalue weighted by atomic mass is 32.2. The number of carbonyl (C=O) groups excluding carboxylic acids is 1. The third kappa shape index (κ3) is 7.03. The topological polar surface area (TPSA) is 84.5 Å². The second kappa shape index (κ2) is 10.1. The molecule has 2 rings (SSSR count). The molecule has 0 saturated carbocycles. The molecule has 0 saturated heterocycles. The van der Waals surface area contributed by atoms with Crippen LogP contribution in [-0.2, 0) is 14.8 Å². The summed E-state index contributed by atoms with van der Waals surface area (Å²) >= 11 is 0. The van der Waals surface area contributed by atoms with Crippen molar-refractivity contribution in [1.82, 2.24) is 10.0 Å². The van der Waals surface area contributed by atoms with E-state index in [0.29, 0.717) is 19.4 Å². The molecule has 0 heterocycles. The number of hydrogen-bond acceptors (Lipinski definition) is 4. The number of sulfonamides is 1. The summed E-state index contributed by atoms with van der Waals surface area (Å²) in [5, 5.41) is 2.70. The van der Waals surface area contributed by atoms with Crippen molar-refractivity contribution in [2.45, 2.75) is 31.6 Å². The molecule has 0 spiro atoms. The average molecular weight is 391 g/mol. The number of ether oxygens (including phenoxy) is 1. The van der Waals surface area contributed by atoms with E-state index in [1.165, 1.54) is 0 Å². The van der Waals surface area contributed by atoms with Crippen molar-refractivity contribution in [2.75, 3.05) is 19.7 Å². The van der Waals surface area contributed by atoms with E-state index >= 15 is 0 Å². The molecule has 0 aliphatic heterocycles. The Morgan fingerprint density at radius 1 is 1.00 bits per heavy atom. The summed E-state index contributed by atoms with van der Waals surface area (Å²) in [6, 6.07) is 14.4. The van der Waals surface area contributed by atoms with Crippen LogP contribution in [0.4, 0.5) is 0 Å². The van der Waals surface area contributed by atoms with Gasteiger partial charge in [0, 0.05) is 19.5 Å². The molecular weight excluding hydrogens is 364 g/mol. The Labute approximate surface area is 161 Å². The SMILES string of the molecule is Cc1ccc(S(=O)(=O)NCCNC(=O)CCCOc2ccccc2)cc1C. The largest absolute Gasteiger partial charge is 0.494 e. The van der Waals surface area contributed by atoms with E-state index < -0.39 is 10.0 Å². The van der Waals surface area contributed by atoms with Gasteiger partial charge < -0.3 is 10.1 Å². The lowest BCUT2D eigenvalue weighted by Crippen LogP contribution is -2.34. The van der Waals surface area contributed by atoms with Gasteiger partial charge in [-0.1, -0.05) is 24.3 Å². The van der Waals surface area contributed by atoms with Gasteiger partial charge in [0.15, 0.2) is 0 Å². The predicted octanol–water partition coefficient (Wildman–Crippen LogP) is 2.56. The van der Waals surface area contributed by atoms with E-state index in [1.807, 2.05) is 44.2 Å². The maximum absolute atomic E-state index is 12.2. The normalized spacial score (nSPS) is 11.2. The van der Waals surface area contributed by atoms with Crippen LogP contribution in [0.5, 0.6) is 5.75 Å². The van der Waals surface area contributed by atoms with Crippen LogP contribution < -0.4 is 14.8 Å². The first-order chi connectivity index (χ1) is 12.9. The van der Waals surface area contributed by atoms with Crippen LogP contribution in [0.2, 0.25) is 0 Å². The molecule has 2 aromatic carbocycles. The zero-order chi connectivity index (χ0) is 19.7. The minimum absolute atomic E-state index is 0.128. The molecule has 2 aromatic rings. The van der Waals surface area contributed by atoms with E-state index in [1.54, 1.807) is 18.2 Å². The monoisotopic (exact) mass is 390 g/mol. The zero-order valence-electron chi connectivity index (χ0n) is 15.7. The molecular formula is C20H26N2O4S. The first kappa shape index (κ1) is 20.9. The number of rotatable bonds is 10. The van der Waals surface area contributed by atoms with Gasteiger partial charge >= 0.3 is 0 Å². The van der Waals surface area contributed by atoms with Gasteiger partial charge in [-0.25, -0.2) is 13.1 Å². The fraction of sp³-hybridized carbons (Fsp3) is 0.350. The summed E-state index contributed by atoms with van der Waals surface area (Å²) < 4.78 is 32.5. The summed E-state index contributed by atoms with van der Waals surface area (Å²) in [6.45, 7) is 4.64. The van der Waals surface area contributed by atoms with E-state index in [0.717, 1.165) is 16.9 Å². The molecule has 0 atom stereocenters. The minimum atomic E-state index is -3.57. The van der Waals surface area contributed by atoms with Crippen molar-refractivity contribution in [3.63, 3.8) is 0 Å². The number of benzene rings is 2. The van der Waals surface area contributed by atoms with Crippen molar-refractivity contribution in [2.24, 2.45) is 0 Å². The van der Waals surface area contributed by atoms with Crippen molar-refractivity contribution >= 4 is 15.9 Å². The van der Waals surface area contributed by atoms with Crippen molar-refractivity contribution in [3.05, 3.63) is 59.7 Å². The Morgan fingerprint density at radius 3 is 2.44 bits per heavy atom. The Balaban J connectivity index is 1.63. The van der Waals surface area contributed by atoms with Gasteiger partial charge in [-0.2, -0.15) is 0 Å². The third-order valence-corrected chi connectivity index (χ3v) is 5.55. The predicted molar refractivity (Wildman–Crippen MR) is 105 cm³/mol. The molecule has 0 bridgehead atoms. The highest BCUT2D eigenvalue weighted by molar-refractivity contribution is 7.89. The fourth-order valence-corrected chi connectivity index (χ4v) is 3.50. The molecule has 146 valence electrons. The molecule has 6 nitrogen and oxygen atoms in total. The molecule has 1 amide bonds. The summed E-state index contributed by atoms with van der Waals surface area (Å²) in [4.78, 5) is 12.0. The molecule has 0 radical (unpaired) electrons. The maximum atomic E-state index is 12.2. The van der Waals surface area contributed by atoms with Crippen LogP contribution in [-0.4, -0.2) is 34.0 Å². The summed E-state index contributed by atoms with van der Waals surface area (Å²) in [5.41, 5.74) is 1.96. The lowest BCUT2D eigenvalue weighted by Gasteiger charge is -2.10. The van der Waals surface area contributed by atoms with E-state index in [2.05, 4.69) is 10.0 Å². The number of nitrogens with one attached hydrogen (secondary N) is 2. The molecule has 2 N–H and O–H groups in total. The fourth-order valence-electron chi connectivity index (χ4n) is 2.38. The molecule has 0 aliphatic rings. The second-order valence-electron chi connectivity index (χ2n) is 6.26. The highest BCUT2D eigenvalue weighted by Gasteiger charge is 2.14. The van der Waals surface area contributed by atoms with Gasteiger partial charge in [0.05, 0.1) is 11.5 Å². The molecule has 0 unspecified atom stereocenters. The Kier molecular flexibility index (Phi) is 7.82. The highest BCUT2D eigenvalue weighted by Crippen LogP contribution is 2.14. The average Bonchev–Trinajstić information content (AvgIpc) is 2.65. The number of para-hydroxylation sites is 1. The van der Waals surface area contributed by atoms with Gasteiger partial charge in [-0.05, 0) is 55.7 Å². The number of carbonyl (C=O) groups is 1. The Bertz CT molecular complexity index is 852. The van der Waals surface area contributed by atoms with E-state index in [4.69, 9.17) is 4.74 Å². The summed E-state index contributed by atoms with van der Waals surface area (Å²) in [7, 11) is -3.57. The quantitative estimate of drug-likeness (QED) is 0.611. The first-order valence-electron chi connectivity index (χ1n) is 8.90. The van der Waals surface area contributed by atoms with Gasteiger partial charge in [-0.3, -0.25) is 4.79 Å². The minimum Gasteiger partial charge on any atom is -0.494 e. The Hall–Kier alpha value is -2.38. The molecule has 0 aromatic heterocycles. The summed E-state index contributed by atoms with van der Waals surface area (Å²) in [6.07, 6.45) is 0.922. The lowest BCUT2D eigenvalue weighted by atomic mass is 10.1. The molecule has 0 aliphatic carbocycles. The van der Waals surface area contributed by atoms with Gasteiger partial charge in [0.1, 0.15) is 5.75 Å². The molecule has 0 fully saturated rings. The second-order valence-corrected chi connectivity index (χ2v) is 8.03.